The van der Waals surface area contributed by atoms with Crippen LogP contribution in [0.5, 0.6) is 0 Å². The average Bonchev–Trinajstić information content (AvgIpc) is 2.24. The van der Waals surface area contributed by atoms with Gasteiger partial charge >= 0.3 is 6.18 Å². The molecule has 2 nitrogen and oxygen atoms in total. The van der Waals surface area contributed by atoms with E-state index < -0.39 is 24.5 Å². The molecule has 0 N–H and O–H groups in total. The second-order valence-electron chi connectivity index (χ2n) is 3.56. The van der Waals surface area contributed by atoms with Crippen molar-refractivity contribution in [2.24, 2.45) is 5.92 Å². The summed E-state index contributed by atoms with van der Waals surface area (Å²) in [5.41, 5.74) is 0.0389. The molecular formula is C11H10F4N2. The van der Waals surface area contributed by atoms with E-state index in [0.717, 1.165) is 11.0 Å². The number of hydrogen-bond donors (Lipinski definition) is 0. The van der Waals surface area contributed by atoms with Gasteiger partial charge in [0.2, 0.25) is 0 Å². The number of nitriles is 1. The molecule has 0 amide bonds. The summed E-state index contributed by atoms with van der Waals surface area (Å²) in [5, 5.41) is 8.44. The minimum Gasteiger partial charge on any atom is -0.371 e. The third-order valence-corrected chi connectivity index (χ3v) is 2.27. The first-order valence-electron chi connectivity index (χ1n) is 4.78. The van der Waals surface area contributed by atoms with Crippen molar-refractivity contribution in [2.45, 2.75) is 6.18 Å². The highest BCUT2D eigenvalue weighted by atomic mass is 19.4. The summed E-state index contributed by atoms with van der Waals surface area (Å²) in [6.07, 6.45) is -4.60. The maximum absolute atomic E-state index is 13.3. The zero-order chi connectivity index (χ0) is 13.1. The van der Waals surface area contributed by atoms with Crippen LogP contribution in [0.15, 0.2) is 24.3 Å². The number of nitrogens with zero attached hydrogens (tertiary/aromatic N) is 2. The van der Waals surface area contributed by atoms with E-state index in [9.17, 15) is 17.6 Å². The number of alkyl halides is 3. The molecule has 1 unspecified atom stereocenters. The molecule has 6 heteroatoms. The summed E-state index contributed by atoms with van der Waals surface area (Å²) < 4.78 is 50.3. The van der Waals surface area contributed by atoms with Gasteiger partial charge in [0.15, 0.2) is 5.92 Å². The Kier molecular flexibility index (Phi) is 3.94. The highest BCUT2D eigenvalue weighted by Gasteiger charge is 2.40. The van der Waals surface area contributed by atoms with E-state index in [1.54, 1.807) is 0 Å². The van der Waals surface area contributed by atoms with Crippen LogP contribution in [0.25, 0.3) is 0 Å². The maximum atomic E-state index is 13.3. The fourth-order valence-electron chi connectivity index (χ4n) is 1.35. The third kappa shape index (κ3) is 3.34. The molecule has 0 saturated carbocycles. The van der Waals surface area contributed by atoms with E-state index >= 15 is 0 Å². The number of para-hydroxylation sites is 1. The van der Waals surface area contributed by atoms with Crippen molar-refractivity contribution in [3.8, 4) is 6.07 Å². The third-order valence-electron chi connectivity index (χ3n) is 2.27. The second-order valence-corrected chi connectivity index (χ2v) is 3.56. The van der Waals surface area contributed by atoms with Crippen molar-refractivity contribution >= 4 is 5.69 Å². The zero-order valence-corrected chi connectivity index (χ0v) is 9.00. The summed E-state index contributed by atoms with van der Waals surface area (Å²) in [6, 6.07) is 6.65. The fourth-order valence-corrected chi connectivity index (χ4v) is 1.35. The Morgan fingerprint density at radius 2 is 1.94 bits per heavy atom. The van der Waals surface area contributed by atoms with Crippen LogP contribution in [-0.2, 0) is 0 Å². The van der Waals surface area contributed by atoms with E-state index in [4.69, 9.17) is 5.26 Å². The van der Waals surface area contributed by atoms with E-state index in [2.05, 4.69) is 0 Å². The van der Waals surface area contributed by atoms with Crippen molar-refractivity contribution in [3.63, 3.8) is 0 Å². The standard InChI is InChI=1S/C11H10F4N2/c1-17(7-8(6-16)11(13,14)15)10-5-3-2-4-9(10)12/h2-5,8H,7H2,1H3. The number of rotatable bonds is 3. The quantitative estimate of drug-likeness (QED) is 0.766. The van der Waals surface area contributed by atoms with Crippen molar-refractivity contribution in [2.75, 3.05) is 18.5 Å². The first-order chi connectivity index (χ1) is 7.86. The molecule has 1 aromatic carbocycles. The minimum atomic E-state index is -4.60. The lowest BCUT2D eigenvalue weighted by Crippen LogP contribution is -2.34. The van der Waals surface area contributed by atoms with Crippen LogP contribution in [0.3, 0.4) is 0 Å². The first-order valence-corrected chi connectivity index (χ1v) is 4.78. The Labute approximate surface area is 96.1 Å². The van der Waals surface area contributed by atoms with Crippen LogP contribution < -0.4 is 4.90 Å². The number of halogens is 4. The SMILES string of the molecule is CN(CC(C#N)C(F)(F)F)c1ccccc1F. The molecule has 17 heavy (non-hydrogen) atoms. The van der Waals surface area contributed by atoms with Crippen molar-refractivity contribution in [3.05, 3.63) is 30.1 Å². The molecule has 0 heterocycles. The molecule has 0 radical (unpaired) electrons. The molecule has 0 spiro atoms. The molecule has 0 aliphatic rings. The molecule has 0 saturated heterocycles. The number of benzene rings is 1. The van der Waals surface area contributed by atoms with Crippen molar-refractivity contribution in [1.82, 2.24) is 0 Å². The van der Waals surface area contributed by atoms with E-state index in [-0.39, 0.29) is 5.69 Å². The van der Waals surface area contributed by atoms with Gasteiger partial charge in [-0.05, 0) is 12.1 Å². The summed E-state index contributed by atoms with van der Waals surface area (Å²) >= 11 is 0. The molecule has 0 aromatic heterocycles. The van der Waals surface area contributed by atoms with Crippen LogP contribution in [0.2, 0.25) is 0 Å². The van der Waals surface area contributed by atoms with Crippen molar-refractivity contribution in [1.29, 1.82) is 5.26 Å². The summed E-state index contributed by atoms with van der Waals surface area (Å²) in [5.74, 6) is -2.75. The van der Waals surface area contributed by atoms with E-state index in [1.807, 2.05) is 0 Å². The summed E-state index contributed by atoms with van der Waals surface area (Å²) in [7, 11) is 1.31. The molecule has 1 rings (SSSR count). The zero-order valence-electron chi connectivity index (χ0n) is 9.00. The highest BCUT2D eigenvalue weighted by Crippen LogP contribution is 2.28. The predicted octanol–water partition coefficient (Wildman–Crippen LogP) is 2.96. The Morgan fingerprint density at radius 1 is 1.35 bits per heavy atom. The van der Waals surface area contributed by atoms with E-state index in [1.165, 1.54) is 31.3 Å². The van der Waals surface area contributed by atoms with Gasteiger partial charge in [0.1, 0.15) is 5.82 Å². The van der Waals surface area contributed by atoms with Crippen LogP contribution in [0.1, 0.15) is 0 Å². The molecular weight excluding hydrogens is 236 g/mol. The largest absolute Gasteiger partial charge is 0.406 e. The van der Waals surface area contributed by atoms with Gasteiger partial charge in [-0.3, -0.25) is 0 Å². The van der Waals surface area contributed by atoms with Gasteiger partial charge in [0, 0.05) is 13.6 Å². The second kappa shape index (κ2) is 5.04. The van der Waals surface area contributed by atoms with Crippen LogP contribution in [-0.4, -0.2) is 19.8 Å². The molecule has 0 fully saturated rings. The molecule has 1 aromatic rings. The smallest absolute Gasteiger partial charge is 0.371 e. The maximum Gasteiger partial charge on any atom is 0.406 e. The predicted molar refractivity (Wildman–Crippen MR) is 54.8 cm³/mol. The van der Waals surface area contributed by atoms with E-state index in [0.29, 0.717) is 0 Å². The molecule has 0 bridgehead atoms. The lowest BCUT2D eigenvalue weighted by Gasteiger charge is -2.23. The average molecular weight is 246 g/mol. The van der Waals surface area contributed by atoms with Gasteiger partial charge in [0.05, 0.1) is 11.8 Å². The topological polar surface area (TPSA) is 27.0 Å². The highest BCUT2D eigenvalue weighted by molar-refractivity contribution is 5.46. The Bertz CT molecular complexity index is 422. The van der Waals surface area contributed by atoms with Crippen LogP contribution >= 0.6 is 0 Å². The number of hydrogen-bond acceptors (Lipinski definition) is 2. The Hall–Kier alpha value is -1.77. The van der Waals surface area contributed by atoms with Gasteiger partial charge < -0.3 is 4.90 Å². The van der Waals surface area contributed by atoms with Gasteiger partial charge in [0.25, 0.3) is 0 Å². The first kappa shape index (κ1) is 13.3. The molecule has 0 aliphatic carbocycles. The van der Waals surface area contributed by atoms with Gasteiger partial charge in [-0.15, -0.1) is 0 Å². The molecule has 92 valence electrons. The Balaban J connectivity index is 2.83. The van der Waals surface area contributed by atoms with Crippen molar-refractivity contribution < 1.29 is 17.6 Å². The molecule has 0 aliphatic heterocycles. The number of anilines is 1. The minimum absolute atomic E-state index is 0.0389. The Morgan fingerprint density at radius 3 is 2.41 bits per heavy atom. The van der Waals surface area contributed by atoms with Crippen LogP contribution in [0, 0.1) is 23.1 Å². The summed E-state index contributed by atoms with van der Waals surface area (Å²) in [4.78, 5) is 1.08. The lowest BCUT2D eigenvalue weighted by molar-refractivity contribution is -0.156. The fraction of sp³-hybridized carbons (Fsp3) is 0.364. The van der Waals surface area contributed by atoms with Crippen LogP contribution in [0.4, 0.5) is 23.2 Å². The normalized spacial score (nSPS) is 12.9. The lowest BCUT2D eigenvalue weighted by atomic mass is 10.1. The monoisotopic (exact) mass is 246 g/mol. The van der Waals surface area contributed by atoms with Gasteiger partial charge in [-0.2, -0.15) is 18.4 Å². The van der Waals surface area contributed by atoms with Gasteiger partial charge in [-0.25, -0.2) is 4.39 Å². The van der Waals surface area contributed by atoms with Gasteiger partial charge in [-0.1, -0.05) is 12.1 Å². The summed E-state index contributed by atoms with van der Waals surface area (Å²) in [6.45, 7) is -0.596. The molecule has 1 atom stereocenters.